The Balaban J connectivity index is 1.71. The van der Waals surface area contributed by atoms with Crippen molar-refractivity contribution in [1.29, 1.82) is 0 Å². The molecular formula is C21H18N4OS. The van der Waals surface area contributed by atoms with Gasteiger partial charge in [-0.3, -0.25) is 9.97 Å². The average molecular weight is 374 g/mol. The molecule has 0 N–H and O–H groups in total. The zero-order chi connectivity index (χ0) is 18.2. The van der Waals surface area contributed by atoms with Crippen LogP contribution in [0.5, 0.6) is 11.6 Å². The van der Waals surface area contributed by atoms with E-state index in [4.69, 9.17) is 14.7 Å². The van der Waals surface area contributed by atoms with Crippen LogP contribution >= 0.6 is 11.3 Å². The SMILES string of the molecule is CC1CCc2c(sc3nc(-c4cccnc4)nc(Oc4cccnc4)c23)C1. The number of pyridine rings is 2. The summed E-state index contributed by atoms with van der Waals surface area (Å²) in [7, 11) is 0. The average Bonchev–Trinajstić information content (AvgIpc) is 3.07. The smallest absolute Gasteiger partial charge is 0.232 e. The van der Waals surface area contributed by atoms with Crippen molar-refractivity contribution in [3.05, 3.63) is 59.5 Å². The lowest BCUT2D eigenvalue weighted by Crippen LogP contribution is -2.08. The van der Waals surface area contributed by atoms with Gasteiger partial charge in [0.1, 0.15) is 10.6 Å². The van der Waals surface area contributed by atoms with Gasteiger partial charge in [0.15, 0.2) is 5.82 Å². The van der Waals surface area contributed by atoms with Gasteiger partial charge in [-0.15, -0.1) is 11.3 Å². The van der Waals surface area contributed by atoms with Crippen LogP contribution in [0.15, 0.2) is 49.1 Å². The molecule has 6 heteroatoms. The summed E-state index contributed by atoms with van der Waals surface area (Å²) in [6, 6.07) is 7.62. The molecule has 0 fully saturated rings. The summed E-state index contributed by atoms with van der Waals surface area (Å²) in [4.78, 5) is 20.4. The van der Waals surface area contributed by atoms with Crippen LogP contribution in [0.25, 0.3) is 21.6 Å². The van der Waals surface area contributed by atoms with E-state index in [1.807, 2.05) is 24.3 Å². The first-order valence-corrected chi connectivity index (χ1v) is 9.90. The second kappa shape index (κ2) is 6.70. The van der Waals surface area contributed by atoms with Gasteiger partial charge < -0.3 is 4.74 Å². The largest absolute Gasteiger partial charge is 0.437 e. The van der Waals surface area contributed by atoms with Crippen LogP contribution in [0.3, 0.4) is 0 Å². The Morgan fingerprint density at radius 1 is 1.07 bits per heavy atom. The molecule has 5 rings (SSSR count). The fraction of sp³-hybridized carbons (Fsp3) is 0.238. The van der Waals surface area contributed by atoms with Crippen molar-refractivity contribution >= 4 is 21.6 Å². The summed E-state index contributed by atoms with van der Waals surface area (Å²) in [5, 5.41) is 1.05. The number of rotatable bonds is 3. The predicted molar refractivity (Wildman–Crippen MR) is 106 cm³/mol. The van der Waals surface area contributed by atoms with Crippen LogP contribution in [-0.4, -0.2) is 19.9 Å². The Morgan fingerprint density at radius 3 is 2.70 bits per heavy atom. The van der Waals surface area contributed by atoms with E-state index in [0.29, 0.717) is 23.4 Å². The first-order chi connectivity index (χ1) is 13.3. The molecule has 0 spiro atoms. The molecule has 4 aromatic rings. The van der Waals surface area contributed by atoms with Crippen molar-refractivity contribution in [2.75, 3.05) is 0 Å². The minimum absolute atomic E-state index is 0.610. The van der Waals surface area contributed by atoms with Gasteiger partial charge in [0.25, 0.3) is 0 Å². The molecule has 1 aliphatic carbocycles. The Hall–Kier alpha value is -2.86. The Morgan fingerprint density at radius 2 is 1.93 bits per heavy atom. The summed E-state index contributed by atoms with van der Waals surface area (Å²) in [5.74, 6) is 2.64. The number of nitrogens with zero attached hydrogens (tertiary/aromatic N) is 4. The molecule has 1 unspecified atom stereocenters. The normalized spacial score (nSPS) is 16.3. The maximum Gasteiger partial charge on any atom is 0.232 e. The van der Waals surface area contributed by atoms with E-state index < -0.39 is 0 Å². The van der Waals surface area contributed by atoms with E-state index in [1.54, 1.807) is 36.1 Å². The monoisotopic (exact) mass is 374 g/mol. The number of fused-ring (bicyclic) bond motifs is 3. The topological polar surface area (TPSA) is 60.8 Å². The number of aryl methyl sites for hydroxylation is 1. The highest BCUT2D eigenvalue weighted by molar-refractivity contribution is 7.18. The van der Waals surface area contributed by atoms with Gasteiger partial charge in [0.2, 0.25) is 5.88 Å². The number of hydrogen-bond donors (Lipinski definition) is 0. The molecule has 0 saturated carbocycles. The molecule has 1 atom stereocenters. The summed E-state index contributed by atoms with van der Waals surface area (Å²) in [6.45, 7) is 2.31. The summed E-state index contributed by atoms with van der Waals surface area (Å²) >= 11 is 1.77. The minimum Gasteiger partial charge on any atom is -0.437 e. The highest BCUT2D eigenvalue weighted by Crippen LogP contribution is 2.42. The van der Waals surface area contributed by atoms with Gasteiger partial charge in [0.05, 0.1) is 11.6 Å². The zero-order valence-electron chi connectivity index (χ0n) is 14.9. The van der Waals surface area contributed by atoms with Gasteiger partial charge in [-0.05, 0) is 55.0 Å². The molecule has 0 amide bonds. The van der Waals surface area contributed by atoms with Gasteiger partial charge >= 0.3 is 0 Å². The standard InChI is InChI=1S/C21H18N4OS/c1-13-6-7-16-17(10-13)27-21-18(16)20(26-15-5-3-9-23-12-15)24-19(25-21)14-4-2-8-22-11-14/h2-5,8-9,11-13H,6-7,10H2,1H3. The van der Waals surface area contributed by atoms with Crippen molar-refractivity contribution in [2.45, 2.75) is 26.2 Å². The van der Waals surface area contributed by atoms with Crippen LogP contribution in [0.1, 0.15) is 23.8 Å². The molecule has 0 saturated heterocycles. The molecule has 0 aliphatic heterocycles. The molecule has 27 heavy (non-hydrogen) atoms. The van der Waals surface area contributed by atoms with Crippen molar-refractivity contribution in [2.24, 2.45) is 5.92 Å². The summed E-state index contributed by atoms with van der Waals surface area (Å²) in [6.07, 6.45) is 10.3. The predicted octanol–water partition coefficient (Wildman–Crippen LogP) is 5.07. The molecule has 4 aromatic heterocycles. The van der Waals surface area contributed by atoms with Crippen LogP contribution in [0, 0.1) is 5.92 Å². The van der Waals surface area contributed by atoms with Crippen LogP contribution in [0.4, 0.5) is 0 Å². The van der Waals surface area contributed by atoms with E-state index in [2.05, 4.69) is 16.9 Å². The number of ether oxygens (including phenoxy) is 1. The fourth-order valence-corrected chi connectivity index (χ4v) is 4.90. The van der Waals surface area contributed by atoms with E-state index in [9.17, 15) is 0 Å². The second-order valence-corrected chi connectivity index (χ2v) is 8.00. The van der Waals surface area contributed by atoms with E-state index >= 15 is 0 Å². The molecule has 0 radical (unpaired) electrons. The van der Waals surface area contributed by atoms with Crippen molar-refractivity contribution in [3.63, 3.8) is 0 Å². The highest BCUT2D eigenvalue weighted by Gasteiger charge is 2.25. The highest BCUT2D eigenvalue weighted by atomic mass is 32.1. The lowest BCUT2D eigenvalue weighted by Gasteiger charge is -2.18. The van der Waals surface area contributed by atoms with Gasteiger partial charge in [0, 0.05) is 29.0 Å². The molecule has 0 bridgehead atoms. The van der Waals surface area contributed by atoms with Gasteiger partial charge in [-0.25, -0.2) is 4.98 Å². The maximum atomic E-state index is 6.18. The third-order valence-corrected chi connectivity index (χ3v) is 6.04. The summed E-state index contributed by atoms with van der Waals surface area (Å²) < 4.78 is 6.18. The first-order valence-electron chi connectivity index (χ1n) is 9.08. The van der Waals surface area contributed by atoms with E-state index in [1.165, 1.54) is 16.9 Å². The lowest BCUT2D eigenvalue weighted by atomic mass is 9.89. The van der Waals surface area contributed by atoms with Gasteiger partial charge in [-0.2, -0.15) is 4.98 Å². The Labute approximate surface area is 161 Å². The van der Waals surface area contributed by atoms with Crippen LogP contribution in [-0.2, 0) is 12.8 Å². The molecular weight excluding hydrogens is 356 g/mol. The Bertz CT molecular complexity index is 1100. The molecule has 0 aromatic carbocycles. The van der Waals surface area contributed by atoms with E-state index in [-0.39, 0.29) is 0 Å². The zero-order valence-corrected chi connectivity index (χ0v) is 15.7. The quantitative estimate of drug-likeness (QED) is 0.501. The third kappa shape index (κ3) is 3.06. The van der Waals surface area contributed by atoms with Crippen LogP contribution in [0.2, 0.25) is 0 Å². The molecule has 5 nitrogen and oxygen atoms in total. The first kappa shape index (κ1) is 16.3. The van der Waals surface area contributed by atoms with Crippen molar-refractivity contribution in [3.8, 4) is 23.0 Å². The number of aromatic nitrogens is 4. The molecule has 134 valence electrons. The third-order valence-electron chi connectivity index (χ3n) is 4.89. The number of thiophene rings is 1. The molecule has 1 aliphatic rings. The van der Waals surface area contributed by atoms with Gasteiger partial charge in [-0.1, -0.05) is 6.92 Å². The fourth-order valence-electron chi connectivity index (χ4n) is 3.53. The van der Waals surface area contributed by atoms with Crippen molar-refractivity contribution < 1.29 is 4.74 Å². The maximum absolute atomic E-state index is 6.18. The number of hydrogen-bond acceptors (Lipinski definition) is 6. The molecule has 4 heterocycles. The summed E-state index contributed by atoms with van der Waals surface area (Å²) in [5.41, 5.74) is 2.24. The van der Waals surface area contributed by atoms with E-state index in [0.717, 1.165) is 28.6 Å². The van der Waals surface area contributed by atoms with Crippen molar-refractivity contribution in [1.82, 2.24) is 19.9 Å². The second-order valence-electron chi connectivity index (χ2n) is 6.92. The Kier molecular flexibility index (Phi) is 4.05. The van der Waals surface area contributed by atoms with Crippen LogP contribution < -0.4 is 4.74 Å². The minimum atomic E-state index is 0.610. The lowest BCUT2D eigenvalue weighted by molar-refractivity contribution is 0.465.